The number of carbonyl (C=O) groups excluding carboxylic acids is 1. The lowest BCUT2D eigenvalue weighted by atomic mass is 9.94. The highest BCUT2D eigenvalue weighted by Gasteiger charge is 2.42. The van der Waals surface area contributed by atoms with Crippen molar-refractivity contribution in [3.63, 3.8) is 0 Å². The highest BCUT2D eigenvalue weighted by molar-refractivity contribution is 7.86. The van der Waals surface area contributed by atoms with Crippen LogP contribution in [0, 0.1) is 11.8 Å². The molecule has 0 unspecified atom stereocenters. The van der Waals surface area contributed by atoms with E-state index >= 15 is 0 Å². The van der Waals surface area contributed by atoms with Crippen LogP contribution in [0.15, 0.2) is 24.3 Å². The molecule has 1 saturated heterocycles. The monoisotopic (exact) mass is 351 g/mol. The summed E-state index contributed by atoms with van der Waals surface area (Å²) >= 11 is 0. The molecule has 7 heteroatoms. The predicted molar refractivity (Wildman–Crippen MR) is 92.1 cm³/mol. The van der Waals surface area contributed by atoms with Gasteiger partial charge >= 0.3 is 0 Å². The fraction of sp³-hybridized carbons (Fsp3) is 0.588. The Hall–Kier alpha value is -1.44. The Morgan fingerprint density at radius 1 is 1.12 bits per heavy atom. The number of fused-ring (bicyclic) bond motifs is 1. The van der Waals surface area contributed by atoms with Crippen molar-refractivity contribution in [1.82, 2.24) is 8.61 Å². The lowest BCUT2D eigenvalue weighted by molar-refractivity contribution is -0.122. The van der Waals surface area contributed by atoms with Gasteiger partial charge < -0.3 is 5.73 Å². The van der Waals surface area contributed by atoms with E-state index in [9.17, 15) is 13.2 Å². The van der Waals surface area contributed by atoms with Crippen LogP contribution < -0.4 is 5.73 Å². The molecule has 24 heavy (non-hydrogen) atoms. The Kier molecular flexibility index (Phi) is 4.68. The number of hydrogen-bond donors (Lipinski definition) is 1. The summed E-state index contributed by atoms with van der Waals surface area (Å²) in [5.74, 6) is 0.0337. The van der Waals surface area contributed by atoms with Crippen molar-refractivity contribution in [1.29, 1.82) is 0 Å². The summed E-state index contributed by atoms with van der Waals surface area (Å²) in [6.45, 7) is 5.32. The summed E-state index contributed by atoms with van der Waals surface area (Å²) in [6, 6.07) is 6.81. The highest BCUT2D eigenvalue weighted by Crippen LogP contribution is 2.30. The van der Waals surface area contributed by atoms with Crippen molar-refractivity contribution in [2.45, 2.75) is 39.3 Å². The van der Waals surface area contributed by atoms with Gasteiger partial charge in [-0.1, -0.05) is 38.1 Å². The molecule has 2 aliphatic rings. The van der Waals surface area contributed by atoms with Crippen LogP contribution in [0.3, 0.4) is 0 Å². The van der Waals surface area contributed by atoms with E-state index in [0.717, 1.165) is 17.5 Å². The number of rotatable bonds is 3. The Morgan fingerprint density at radius 2 is 1.71 bits per heavy atom. The summed E-state index contributed by atoms with van der Waals surface area (Å²) < 4.78 is 29.2. The second-order valence-electron chi connectivity index (χ2n) is 7.21. The normalized spacial score (nSPS) is 29.2. The molecule has 2 heterocycles. The molecule has 0 spiro atoms. The largest absolute Gasteiger partial charge is 0.368 e. The molecule has 3 atom stereocenters. The van der Waals surface area contributed by atoms with Gasteiger partial charge in [0, 0.05) is 19.6 Å². The first-order valence-electron chi connectivity index (χ1n) is 8.42. The topological polar surface area (TPSA) is 83.7 Å². The number of nitrogens with zero attached hydrogens (tertiary/aromatic N) is 2. The zero-order valence-corrected chi connectivity index (χ0v) is 15.0. The molecule has 3 rings (SSSR count). The molecular formula is C17H25N3O3S. The summed E-state index contributed by atoms with van der Waals surface area (Å²) in [5, 5.41) is 0. The van der Waals surface area contributed by atoms with Gasteiger partial charge in [0.15, 0.2) is 0 Å². The third-order valence-electron chi connectivity index (χ3n) is 4.99. The minimum atomic E-state index is -3.72. The van der Waals surface area contributed by atoms with Gasteiger partial charge in [-0.05, 0) is 35.8 Å². The third kappa shape index (κ3) is 3.20. The van der Waals surface area contributed by atoms with E-state index in [4.69, 9.17) is 5.73 Å². The Balaban J connectivity index is 1.94. The summed E-state index contributed by atoms with van der Waals surface area (Å²) in [4.78, 5) is 11.9. The molecule has 0 bridgehead atoms. The van der Waals surface area contributed by atoms with E-state index in [1.165, 1.54) is 8.61 Å². The van der Waals surface area contributed by atoms with E-state index in [1.807, 2.05) is 24.3 Å². The summed E-state index contributed by atoms with van der Waals surface area (Å²) in [5.41, 5.74) is 7.47. The van der Waals surface area contributed by atoms with E-state index in [2.05, 4.69) is 13.8 Å². The van der Waals surface area contributed by atoms with Gasteiger partial charge in [-0.25, -0.2) is 0 Å². The van der Waals surface area contributed by atoms with Crippen molar-refractivity contribution in [2.24, 2.45) is 17.6 Å². The smallest absolute Gasteiger partial charge is 0.283 e. The Bertz CT molecular complexity index is 724. The molecule has 0 saturated carbocycles. The summed E-state index contributed by atoms with van der Waals surface area (Å²) in [7, 11) is -3.72. The summed E-state index contributed by atoms with van der Waals surface area (Å²) in [6.07, 6.45) is 1.36. The lowest BCUT2D eigenvalue weighted by Crippen LogP contribution is -2.57. The Labute approximate surface area is 143 Å². The number of carbonyl (C=O) groups is 1. The average molecular weight is 351 g/mol. The van der Waals surface area contributed by atoms with Gasteiger partial charge in [0.2, 0.25) is 5.91 Å². The van der Waals surface area contributed by atoms with Crippen LogP contribution in [0.4, 0.5) is 0 Å². The first-order chi connectivity index (χ1) is 11.3. The van der Waals surface area contributed by atoms with Gasteiger partial charge in [0.05, 0.1) is 0 Å². The molecular weight excluding hydrogens is 326 g/mol. The van der Waals surface area contributed by atoms with Gasteiger partial charge in [0.1, 0.15) is 6.04 Å². The zero-order valence-electron chi connectivity index (χ0n) is 14.2. The fourth-order valence-electron chi connectivity index (χ4n) is 3.93. The van der Waals surface area contributed by atoms with Gasteiger partial charge in [0.25, 0.3) is 10.2 Å². The van der Waals surface area contributed by atoms with Crippen molar-refractivity contribution >= 4 is 16.1 Å². The SMILES string of the molecule is C[C@@H]1C[C@@H](C)CN(S(=O)(=O)N2Cc3ccccc3C[C@H]2C(N)=O)C1. The molecule has 1 amide bonds. The zero-order chi connectivity index (χ0) is 17.5. The Morgan fingerprint density at radius 3 is 2.29 bits per heavy atom. The predicted octanol–water partition coefficient (Wildman–Crippen LogP) is 1.12. The maximum atomic E-state index is 13.2. The molecule has 1 fully saturated rings. The minimum Gasteiger partial charge on any atom is -0.368 e. The van der Waals surface area contributed by atoms with Crippen LogP contribution in [0.2, 0.25) is 0 Å². The van der Waals surface area contributed by atoms with Crippen LogP contribution in [0.5, 0.6) is 0 Å². The second-order valence-corrected chi connectivity index (χ2v) is 9.09. The van der Waals surface area contributed by atoms with Crippen LogP contribution in [0.25, 0.3) is 0 Å². The number of benzene rings is 1. The number of piperidine rings is 1. The van der Waals surface area contributed by atoms with E-state index < -0.39 is 22.2 Å². The van der Waals surface area contributed by atoms with Crippen molar-refractivity contribution in [3.05, 3.63) is 35.4 Å². The van der Waals surface area contributed by atoms with Crippen molar-refractivity contribution in [2.75, 3.05) is 13.1 Å². The maximum absolute atomic E-state index is 13.2. The molecule has 0 aromatic heterocycles. The van der Waals surface area contributed by atoms with Crippen LogP contribution in [-0.4, -0.2) is 42.1 Å². The van der Waals surface area contributed by atoms with Gasteiger partial charge in [-0.15, -0.1) is 0 Å². The first kappa shape index (κ1) is 17.4. The quantitative estimate of drug-likeness (QED) is 0.886. The first-order valence-corrected chi connectivity index (χ1v) is 9.81. The molecule has 6 nitrogen and oxygen atoms in total. The van der Waals surface area contributed by atoms with Crippen molar-refractivity contribution in [3.8, 4) is 0 Å². The minimum absolute atomic E-state index is 0.200. The average Bonchev–Trinajstić information content (AvgIpc) is 2.52. The van der Waals surface area contributed by atoms with Gasteiger partial charge in [-0.3, -0.25) is 4.79 Å². The van der Waals surface area contributed by atoms with Crippen LogP contribution in [0.1, 0.15) is 31.4 Å². The second kappa shape index (κ2) is 6.46. The number of hydrogen-bond acceptors (Lipinski definition) is 3. The highest BCUT2D eigenvalue weighted by atomic mass is 32.2. The third-order valence-corrected chi connectivity index (χ3v) is 6.92. The molecule has 1 aromatic rings. The number of amides is 1. The van der Waals surface area contributed by atoms with E-state index in [0.29, 0.717) is 31.3 Å². The number of nitrogens with two attached hydrogens (primary N) is 1. The van der Waals surface area contributed by atoms with Gasteiger partial charge in [-0.2, -0.15) is 17.0 Å². The molecule has 0 aliphatic carbocycles. The number of primary amides is 1. The maximum Gasteiger partial charge on any atom is 0.283 e. The van der Waals surface area contributed by atoms with Crippen LogP contribution >= 0.6 is 0 Å². The standard InChI is InChI=1S/C17H25N3O3S/c1-12-7-13(2)10-19(9-12)24(22,23)20-11-15-6-4-3-5-14(15)8-16(20)17(18)21/h3-6,12-13,16H,7-11H2,1-2H3,(H2,18,21)/t12-,13-,16+/m1/s1. The molecule has 2 aliphatic heterocycles. The molecule has 0 radical (unpaired) electrons. The molecule has 1 aromatic carbocycles. The molecule has 2 N–H and O–H groups in total. The van der Waals surface area contributed by atoms with E-state index in [-0.39, 0.29) is 6.54 Å². The lowest BCUT2D eigenvalue weighted by Gasteiger charge is -2.41. The van der Waals surface area contributed by atoms with Crippen molar-refractivity contribution < 1.29 is 13.2 Å². The fourth-order valence-corrected chi connectivity index (χ4v) is 5.91. The molecule has 132 valence electrons. The van der Waals surface area contributed by atoms with Crippen LogP contribution in [-0.2, 0) is 28.0 Å². The van der Waals surface area contributed by atoms with E-state index in [1.54, 1.807) is 0 Å².